The molecule has 1 aliphatic heterocycles. The van der Waals surface area contributed by atoms with Crippen LogP contribution >= 0.6 is 0 Å². The fourth-order valence-electron chi connectivity index (χ4n) is 3.81. The van der Waals surface area contributed by atoms with Gasteiger partial charge in [0.1, 0.15) is 11.6 Å². The Balaban J connectivity index is 1.65. The lowest BCUT2D eigenvalue weighted by molar-refractivity contribution is -0.123. The molecule has 4 N–H and O–H groups in total. The third kappa shape index (κ3) is 4.31. The van der Waals surface area contributed by atoms with Crippen LogP contribution in [0, 0.1) is 13.8 Å². The first-order valence-electron chi connectivity index (χ1n) is 10.1. The van der Waals surface area contributed by atoms with E-state index in [1.54, 1.807) is 18.2 Å². The van der Waals surface area contributed by atoms with E-state index in [9.17, 15) is 14.4 Å². The minimum Gasteiger partial charge on any atom is -0.495 e. The van der Waals surface area contributed by atoms with E-state index in [1.165, 1.54) is 7.11 Å². The lowest BCUT2D eigenvalue weighted by atomic mass is 9.92. The number of ether oxygens (including phenoxy) is 1. The number of aromatic amines is 1. The van der Waals surface area contributed by atoms with Crippen LogP contribution in [0.15, 0.2) is 47.3 Å². The van der Waals surface area contributed by atoms with Gasteiger partial charge in [-0.15, -0.1) is 0 Å². The predicted molar refractivity (Wildman–Crippen MR) is 122 cm³/mol. The van der Waals surface area contributed by atoms with Gasteiger partial charge in [0.2, 0.25) is 17.8 Å². The highest BCUT2D eigenvalue weighted by Gasteiger charge is 2.34. The molecule has 9 nitrogen and oxygen atoms in total. The maximum Gasteiger partial charge on any atom is 0.258 e. The number of fused-ring (bicyclic) bond motifs is 1. The van der Waals surface area contributed by atoms with Crippen molar-refractivity contribution in [2.75, 3.05) is 23.1 Å². The van der Waals surface area contributed by atoms with E-state index < -0.39 is 17.4 Å². The summed E-state index contributed by atoms with van der Waals surface area (Å²) in [6.45, 7) is 3.85. The highest BCUT2D eigenvalue weighted by atomic mass is 16.5. The van der Waals surface area contributed by atoms with Crippen molar-refractivity contribution in [1.82, 2.24) is 9.97 Å². The van der Waals surface area contributed by atoms with E-state index in [4.69, 9.17) is 4.74 Å². The maximum absolute atomic E-state index is 13.0. The number of benzene rings is 2. The first kappa shape index (κ1) is 21.1. The average Bonchev–Trinajstić information content (AvgIpc) is 2.72. The molecule has 0 radical (unpaired) electrons. The number of hydrogen-bond acceptors (Lipinski definition) is 6. The van der Waals surface area contributed by atoms with Gasteiger partial charge in [0.15, 0.2) is 0 Å². The van der Waals surface area contributed by atoms with Crippen molar-refractivity contribution in [3.63, 3.8) is 0 Å². The number of anilines is 4. The molecule has 1 atom stereocenters. The molecule has 0 spiro atoms. The highest BCUT2D eigenvalue weighted by molar-refractivity contribution is 6.04. The van der Waals surface area contributed by atoms with Crippen LogP contribution in [0.25, 0.3) is 0 Å². The summed E-state index contributed by atoms with van der Waals surface area (Å²) in [5.41, 5.74) is 2.80. The normalized spacial score (nSPS) is 14.8. The van der Waals surface area contributed by atoms with Crippen molar-refractivity contribution < 1.29 is 14.3 Å². The van der Waals surface area contributed by atoms with Crippen LogP contribution in [-0.4, -0.2) is 28.9 Å². The van der Waals surface area contributed by atoms with Crippen LogP contribution in [-0.2, 0) is 9.59 Å². The first-order valence-corrected chi connectivity index (χ1v) is 10.1. The number of amides is 2. The summed E-state index contributed by atoms with van der Waals surface area (Å²) in [6.07, 6.45) is -0.145. The molecule has 3 aromatic rings. The Kier molecular flexibility index (Phi) is 5.63. The number of hydrogen-bond donors (Lipinski definition) is 4. The quantitative estimate of drug-likeness (QED) is 0.490. The van der Waals surface area contributed by atoms with Crippen LogP contribution in [0.2, 0.25) is 0 Å². The fourth-order valence-corrected chi connectivity index (χ4v) is 3.81. The molecule has 9 heteroatoms. The van der Waals surface area contributed by atoms with E-state index in [0.29, 0.717) is 17.1 Å². The van der Waals surface area contributed by atoms with Gasteiger partial charge < -0.3 is 20.7 Å². The van der Waals surface area contributed by atoms with Crippen LogP contribution in [0.1, 0.15) is 29.0 Å². The number of para-hydroxylation sites is 2. The number of methoxy groups -OCH3 is 1. The topological polar surface area (TPSA) is 125 Å². The second kappa shape index (κ2) is 8.54. The summed E-state index contributed by atoms with van der Waals surface area (Å²) in [7, 11) is 1.53. The highest BCUT2D eigenvalue weighted by Crippen LogP contribution is 2.31. The van der Waals surface area contributed by atoms with E-state index in [2.05, 4.69) is 25.9 Å². The zero-order valence-electron chi connectivity index (χ0n) is 17.9. The Morgan fingerprint density at radius 3 is 2.56 bits per heavy atom. The van der Waals surface area contributed by atoms with Crippen molar-refractivity contribution in [3.8, 4) is 5.75 Å². The molecule has 0 saturated heterocycles. The summed E-state index contributed by atoms with van der Waals surface area (Å²) < 4.78 is 5.29. The van der Waals surface area contributed by atoms with Crippen LogP contribution < -0.4 is 26.2 Å². The Labute approximate surface area is 184 Å². The monoisotopic (exact) mass is 433 g/mol. The lowest BCUT2D eigenvalue weighted by Gasteiger charge is -2.24. The summed E-state index contributed by atoms with van der Waals surface area (Å²) >= 11 is 0. The molecule has 0 fully saturated rings. The van der Waals surface area contributed by atoms with Gasteiger partial charge in [-0.3, -0.25) is 19.4 Å². The smallest absolute Gasteiger partial charge is 0.258 e. The number of rotatable bonds is 5. The summed E-state index contributed by atoms with van der Waals surface area (Å²) in [6, 6.07) is 12.8. The Morgan fingerprint density at radius 2 is 1.84 bits per heavy atom. The molecule has 2 heterocycles. The summed E-state index contributed by atoms with van der Waals surface area (Å²) in [5.74, 6) is -1.06. The minimum absolute atomic E-state index is 0.0583. The van der Waals surface area contributed by atoms with E-state index in [-0.39, 0.29) is 29.7 Å². The van der Waals surface area contributed by atoms with Gasteiger partial charge in [-0.1, -0.05) is 18.2 Å². The van der Waals surface area contributed by atoms with Gasteiger partial charge in [-0.05, 0) is 49.2 Å². The van der Waals surface area contributed by atoms with Crippen molar-refractivity contribution in [1.29, 1.82) is 0 Å². The molecule has 1 aromatic heterocycles. The van der Waals surface area contributed by atoms with Crippen LogP contribution in [0.3, 0.4) is 0 Å². The zero-order chi connectivity index (χ0) is 22.8. The number of nitrogens with one attached hydrogen (secondary N) is 4. The molecule has 0 bridgehead atoms. The predicted octanol–water partition coefficient (Wildman–Crippen LogP) is 3.20. The fraction of sp³-hybridized carbons (Fsp3) is 0.217. The molecule has 4 rings (SSSR count). The molecule has 32 heavy (non-hydrogen) atoms. The Hall–Kier alpha value is -4.14. The number of nitrogens with zero attached hydrogens (tertiary/aromatic N) is 1. The van der Waals surface area contributed by atoms with Crippen molar-refractivity contribution in [2.24, 2.45) is 0 Å². The van der Waals surface area contributed by atoms with Gasteiger partial charge in [0.25, 0.3) is 5.56 Å². The molecule has 164 valence electrons. The van der Waals surface area contributed by atoms with Crippen molar-refractivity contribution >= 4 is 35.0 Å². The largest absolute Gasteiger partial charge is 0.495 e. The lowest BCUT2D eigenvalue weighted by Crippen LogP contribution is -2.36. The number of H-pyrrole nitrogens is 1. The SMILES string of the molecule is COc1ccccc1Nc1nc2c(c(=O)[nH]1)[C@@H](C(=O)Nc1cc(C)cc(C)c1)CC(=O)N2. The Bertz CT molecular complexity index is 1250. The van der Waals surface area contributed by atoms with E-state index in [0.717, 1.165) is 11.1 Å². The van der Waals surface area contributed by atoms with Gasteiger partial charge in [-0.25, -0.2) is 0 Å². The molecule has 2 amide bonds. The van der Waals surface area contributed by atoms with Crippen molar-refractivity contribution in [2.45, 2.75) is 26.2 Å². The third-order valence-corrected chi connectivity index (χ3v) is 5.12. The van der Waals surface area contributed by atoms with E-state index >= 15 is 0 Å². The molecule has 0 saturated carbocycles. The molecule has 0 unspecified atom stereocenters. The first-order chi connectivity index (χ1) is 15.3. The van der Waals surface area contributed by atoms with Gasteiger partial charge in [-0.2, -0.15) is 4.98 Å². The van der Waals surface area contributed by atoms with E-state index in [1.807, 2.05) is 38.1 Å². The number of carbonyl (C=O) groups excluding carboxylic acids is 2. The molecule has 0 aliphatic carbocycles. The average molecular weight is 433 g/mol. The minimum atomic E-state index is -0.962. The van der Waals surface area contributed by atoms with Gasteiger partial charge in [0, 0.05) is 12.1 Å². The molecule has 1 aliphatic rings. The van der Waals surface area contributed by atoms with Gasteiger partial charge in [0.05, 0.1) is 24.3 Å². The Morgan fingerprint density at radius 1 is 1.12 bits per heavy atom. The van der Waals surface area contributed by atoms with Crippen LogP contribution in [0.4, 0.5) is 23.1 Å². The second-order valence-electron chi connectivity index (χ2n) is 7.67. The van der Waals surface area contributed by atoms with Crippen molar-refractivity contribution in [3.05, 3.63) is 69.5 Å². The van der Waals surface area contributed by atoms with Gasteiger partial charge >= 0.3 is 0 Å². The second-order valence-corrected chi connectivity index (χ2v) is 7.67. The summed E-state index contributed by atoms with van der Waals surface area (Å²) in [5, 5.41) is 8.40. The molecule has 2 aromatic carbocycles. The summed E-state index contributed by atoms with van der Waals surface area (Å²) in [4.78, 5) is 45.2. The number of aromatic nitrogens is 2. The molecular weight excluding hydrogens is 410 g/mol. The third-order valence-electron chi connectivity index (χ3n) is 5.12. The number of aryl methyl sites for hydroxylation is 2. The van der Waals surface area contributed by atoms with Crippen LogP contribution in [0.5, 0.6) is 5.75 Å². The molecular formula is C23H23N5O4. The number of carbonyl (C=O) groups is 2. The maximum atomic E-state index is 13.0. The standard InChI is InChI=1S/C23H23N5O4/c1-12-8-13(2)10-14(9-12)24-21(30)15-11-18(29)26-20-19(15)22(31)28-23(27-20)25-16-6-4-5-7-17(16)32-3/h4-10,15H,11H2,1-3H3,(H,24,30)(H3,25,26,27,28,29,31)/t15-/m0/s1. The zero-order valence-corrected chi connectivity index (χ0v) is 17.9.